The fraction of sp³-hybridized carbons (Fsp3) is 0.294. The molecule has 0 spiro atoms. The summed E-state index contributed by atoms with van der Waals surface area (Å²) in [4.78, 5) is 0. The van der Waals surface area contributed by atoms with Gasteiger partial charge in [-0.3, -0.25) is 0 Å². The molecule has 0 bridgehead atoms. The van der Waals surface area contributed by atoms with Crippen LogP contribution in [0.2, 0.25) is 0 Å². The second-order valence-corrected chi connectivity index (χ2v) is 5.09. The lowest BCUT2D eigenvalue weighted by molar-refractivity contribution is 0.0545. The minimum absolute atomic E-state index is 0.209. The highest BCUT2D eigenvalue weighted by molar-refractivity contribution is 5.67. The Morgan fingerprint density at radius 2 is 1.90 bits per heavy atom. The number of rotatable bonds is 4. The Bertz CT molecular complexity index is 561. The summed E-state index contributed by atoms with van der Waals surface area (Å²) in [5, 5.41) is 3.29. The van der Waals surface area contributed by atoms with Crippen LogP contribution < -0.4 is 5.32 Å². The molecule has 104 valence electrons. The van der Waals surface area contributed by atoms with Crippen LogP contribution in [0.3, 0.4) is 0 Å². The van der Waals surface area contributed by atoms with Gasteiger partial charge in [0.2, 0.25) is 0 Å². The zero-order valence-electron chi connectivity index (χ0n) is 11.3. The standard InChI is InChI=1S/C17H18FNO/c18-15-7-5-13(6-8-15)17-4-2-1-3-14(17)12-20-16-9-10-19-11-16/h1-8,16,19H,9-12H2. The van der Waals surface area contributed by atoms with E-state index in [2.05, 4.69) is 17.4 Å². The van der Waals surface area contributed by atoms with Gasteiger partial charge in [-0.1, -0.05) is 36.4 Å². The van der Waals surface area contributed by atoms with Gasteiger partial charge in [0.15, 0.2) is 0 Å². The quantitative estimate of drug-likeness (QED) is 0.920. The number of ether oxygens (including phenoxy) is 1. The van der Waals surface area contributed by atoms with Gasteiger partial charge in [0, 0.05) is 6.54 Å². The molecule has 0 radical (unpaired) electrons. The topological polar surface area (TPSA) is 21.3 Å². The van der Waals surface area contributed by atoms with Gasteiger partial charge in [-0.15, -0.1) is 0 Å². The van der Waals surface area contributed by atoms with Crippen LogP contribution >= 0.6 is 0 Å². The highest BCUT2D eigenvalue weighted by Gasteiger charge is 2.15. The van der Waals surface area contributed by atoms with Crippen molar-refractivity contribution in [2.75, 3.05) is 13.1 Å². The lowest BCUT2D eigenvalue weighted by Gasteiger charge is -2.14. The summed E-state index contributed by atoms with van der Waals surface area (Å²) in [6, 6.07) is 14.7. The fourth-order valence-corrected chi connectivity index (χ4v) is 2.54. The lowest BCUT2D eigenvalue weighted by atomic mass is 10.0. The maximum atomic E-state index is 13.0. The summed E-state index contributed by atoms with van der Waals surface area (Å²) in [5.41, 5.74) is 3.28. The zero-order chi connectivity index (χ0) is 13.8. The van der Waals surface area contributed by atoms with Crippen molar-refractivity contribution >= 4 is 0 Å². The highest BCUT2D eigenvalue weighted by atomic mass is 19.1. The summed E-state index contributed by atoms with van der Waals surface area (Å²) < 4.78 is 19.0. The van der Waals surface area contributed by atoms with Gasteiger partial charge in [-0.05, 0) is 41.8 Å². The summed E-state index contributed by atoms with van der Waals surface area (Å²) in [7, 11) is 0. The molecule has 1 atom stereocenters. The average molecular weight is 271 g/mol. The van der Waals surface area contributed by atoms with Crippen LogP contribution in [-0.2, 0) is 11.3 Å². The second kappa shape index (κ2) is 6.16. The summed E-state index contributed by atoms with van der Waals surface area (Å²) in [6.45, 7) is 2.56. The van der Waals surface area contributed by atoms with Crippen molar-refractivity contribution in [1.82, 2.24) is 5.32 Å². The number of nitrogens with one attached hydrogen (secondary N) is 1. The van der Waals surface area contributed by atoms with Crippen LogP contribution in [0.5, 0.6) is 0 Å². The van der Waals surface area contributed by atoms with Gasteiger partial charge in [0.25, 0.3) is 0 Å². The average Bonchev–Trinajstić information content (AvgIpc) is 3.00. The van der Waals surface area contributed by atoms with Gasteiger partial charge < -0.3 is 10.1 Å². The first-order chi connectivity index (χ1) is 9.83. The summed E-state index contributed by atoms with van der Waals surface area (Å²) >= 11 is 0. The number of hydrogen-bond acceptors (Lipinski definition) is 2. The van der Waals surface area contributed by atoms with Crippen molar-refractivity contribution in [2.45, 2.75) is 19.1 Å². The number of hydrogen-bond donors (Lipinski definition) is 1. The molecule has 0 aromatic heterocycles. The molecule has 1 fully saturated rings. The SMILES string of the molecule is Fc1ccc(-c2ccccc2COC2CCNC2)cc1. The normalized spacial score (nSPS) is 18.4. The molecule has 0 aliphatic carbocycles. The summed E-state index contributed by atoms with van der Waals surface area (Å²) in [5.74, 6) is -0.209. The molecule has 0 amide bonds. The van der Waals surface area contributed by atoms with E-state index in [1.807, 2.05) is 24.3 Å². The number of halogens is 1. The van der Waals surface area contributed by atoms with E-state index < -0.39 is 0 Å². The van der Waals surface area contributed by atoms with Gasteiger partial charge >= 0.3 is 0 Å². The van der Waals surface area contributed by atoms with Crippen molar-refractivity contribution in [1.29, 1.82) is 0 Å². The molecule has 2 aromatic rings. The zero-order valence-corrected chi connectivity index (χ0v) is 11.3. The molecule has 1 unspecified atom stereocenters. The molecule has 1 aliphatic heterocycles. The van der Waals surface area contributed by atoms with Crippen molar-refractivity contribution in [3.63, 3.8) is 0 Å². The molecule has 3 heteroatoms. The monoisotopic (exact) mass is 271 g/mol. The van der Waals surface area contributed by atoms with Crippen molar-refractivity contribution < 1.29 is 9.13 Å². The Labute approximate surface area is 118 Å². The van der Waals surface area contributed by atoms with Crippen LogP contribution in [0, 0.1) is 5.82 Å². The van der Waals surface area contributed by atoms with Gasteiger partial charge in [-0.25, -0.2) is 4.39 Å². The largest absolute Gasteiger partial charge is 0.372 e. The van der Waals surface area contributed by atoms with Crippen LogP contribution in [-0.4, -0.2) is 19.2 Å². The van der Waals surface area contributed by atoms with E-state index in [9.17, 15) is 4.39 Å². The molecular weight excluding hydrogens is 253 g/mol. The molecule has 20 heavy (non-hydrogen) atoms. The maximum Gasteiger partial charge on any atom is 0.123 e. The van der Waals surface area contributed by atoms with E-state index >= 15 is 0 Å². The molecule has 3 rings (SSSR count). The van der Waals surface area contributed by atoms with E-state index in [4.69, 9.17) is 4.74 Å². The van der Waals surface area contributed by atoms with E-state index in [-0.39, 0.29) is 5.82 Å². The molecule has 1 N–H and O–H groups in total. The van der Waals surface area contributed by atoms with Gasteiger partial charge in [-0.2, -0.15) is 0 Å². The van der Waals surface area contributed by atoms with Gasteiger partial charge in [0.05, 0.1) is 12.7 Å². The second-order valence-electron chi connectivity index (χ2n) is 5.09. The Hall–Kier alpha value is -1.71. The van der Waals surface area contributed by atoms with E-state index in [0.29, 0.717) is 12.7 Å². The maximum absolute atomic E-state index is 13.0. The van der Waals surface area contributed by atoms with Crippen molar-refractivity contribution in [2.24, 2.45) is 0 Å². The molecule has 1 heterocycles. The summed E-state index contributed by atoms with van der Waals surface area (Å²) in [6.07, 6.45) is 1.37. The van der Waals surface area contributed by atoms with E-state index in [1.54, 1.807) is 0 Å². The van der Waals surface area contributed by atoms with Gasteiger partial charge in [0.1, 0.15) is 5.82 Å². The molecule has 1 aliphatic rings. The van der Waals surface area contributed by atoms with Crippen LogP contribution in [0.4, 0.5) is 4.39 Å². The first-order valence-electron chi connectivity index (χ1n) is 6.99. The molecule has 2 nitrogen and oxygen atoms in total. The first-order valence-corrected chi connectivity index (χ1v) is 6.99. The highest BCUT2D eigenvalue weighted by Crippen LogP contribution is 2.25. The Morgan fingerprint density at radius 1 is 1.10 bits per heavy atom. The predicted molar refractivity (Wildman–Crippen MR) is 77.9 cm³/mol. The molecule has 2 aromatic carbocycles. The van der Waals surface area contributed by atoms with E-state index in [0.717, 1.165) is 36.2 Å². The Morgan fingerprint density at radius 3 is 2.65 bits per heavy atom. The third-order valence-corrected chi connectivity index (χ3v) is 3.66. The molecule has 1 saturated heterocycles. The van der Waals surface area contributed by atoms with Crippen molar-refractivity contribution in [3.05, 3.63) is 59.9 Å². The third kappa shape index (κ3) is 3.06. The smallest absolute Gasteiger partial charge is 0.123 e. The Balaban J connectivity index is 1.78. The van der Waals surface area contributed by atoms with E-state index in [1.165, 1.54) is 12.1 Å². The predicted octanol–water partition coefficient (Wildman–Crippen LogP) is 3.37. The third-order valence-electron chi connectivity index (χ3n) is 3.66. The van der Waals surface area contributed by atoms with Crippen molar-refractivity contribution in [3.8, 4) is 11.1 Å². The van der Waals surface area contributed by atoms with Crippen LogP contribution in [0.25, 0.3) is 11.1 Å². The minimum Gasteiger partial charge on any atom is -0.372 e. The number of benzene rings is 2. The fourth-order valence-electron chi connectivity index (χ4n) is 2.54. The van der Waals surface area contributed by atoms with Crippen LogP contribution in [0.15, 0.2) is 48.5 Å². The Kier molecular flexibility index (Phi) is 4.09. The van der Waals surface area contributed by atoms with Crippen LogP contribution in [0.1, 0.15) is 12.0 Å². The minimum atomic E-state index is -0.209. The first kappa shape index (κ1) is 13.3. The lowest BCUT2D eigenvalue weighted by Crippen LogP contribution is -2.16. The molecular formula is C17H18FNO. The molecule has 0 saturated carbocycles.